The first-order valence-corrected chi connectivity index (χ1v) is 5.82. The van der Waals surface area contributed by atoms with Crippen LogP contribution >= 0.6 is 11.6 Å². The van der Waals surface area contributed by atoms with Gasteiger partial charge < -0.3 is 11.1 Å². The summed E-state index contributed by atoms with van der Waals surface area (Å²) in [5.74, 6) is 0.565. The van der Waals surface area contributed by atoms with Crippen LogP contribution in [0.1, 0.15) is 18.9 Å². The zero-order valence-corrected chi connectivity index (χ0v) is 9.72. The van der Waals surface area contributed by atoms with E-state index in [0.717, 1.165) is 30.1 Å². The number of benzene rings is 1. The predicted molar refractivity (Wildman–Crippen MR) is 65.4 cm³/mol. The van der Waals surface area contributed by atoms with E-state index in [-0.39, 0.29) is 0 Å². The van der Waals surface area contributed by atoms with Crippen molar-refractivity contribution in [2.24, 2.45) is 11.7 Å². The number of nitrogens with two attached hydrogens (primary N) is 1. The Hall–Kier alpha value is -0.730. The highest BCUT2D eigenvalue weighted by molar-refractivity contribution is 6.33. The van der Waals surface area contributed by atoms with Crippen molar-refractivity contribution in [3.05, 3.63) is 28.8 Å². The van der Waals surface area contributed by atoms with Gasteiger partial charge in [0.05, 0.1) is 10.7 Å². The second-order valence-electron chi connectivity index (χ2n) is 4.40. The molecule has 3 heteroatoms. The molecule has 2 rings (SSSR count). The number of anilines is 1. The van der Waals surface area contributed by atoms with Crippen molar-refractivity contribution < 1.29 is 0 Å². The lowest BCUT2D eigenvalue weighted by molar-refractivity contribution is 0.496. The van der Waals surface area contributed by atoms with E-state index in [1.54, 1.807) is 0 Å². The minimum absolute atomic E-state index is 0.499. The van der Waals surface area contributed by atoms with Crippen molar-refractivity contribution in [1.29, 1.82) is 0 Å². The molecular weight excluding hydrogens is 208 g/mol. The van der Waals surface area contributed by atoms with Gasteiger partial charge in [-0.2, -0.15) is 0 Å². The number of hydrogen-bond donors (Lipinski definition) is 2. The van der Waals surface area contributed by atoms with E-state index in [1.165, 1.54) is 5.56 Å². The molecule has 1 heterocycles. The Morgan fingerprint density at radius 3 is 3.07 bits per heavy atom. The van der Waals surface area contributed by atoms with Crippen LogP contribution in [0.5, 0.6) is 0 Å². The van der Waals surface area contributed by atoms with Gasteiger partial charge in [0.25, 0.3) is 0 Å². The van der Waals surface area contributed by atoms with Gasteiger partial charge in [0.2, 0.25) is 0 Å². The summed E-state index contributed by atoms with van der Waals surface area (Å²) in [4.78, 5) is 0. The molecule has 0 saturated carbocycles. The van der Waals surface area contributed by atoms with Gasteiger partial charge in [-0.1, -0.05) is 30.7 Å². The van der Waals surface area contributed by atoms with Crippen LogP contribution in [-0.4, -0.2) is 12.6 Å². The van der Waals surface area contributed by atoms with Crippen LogP contribution in [0, 0.1) is 5.92 Å². The molecule has 0 bridgehead atoms. The average Bonchev–Trinajstić information content (AvgIpc) is 2.62. The Bertz CT molecular complexity index is 351. The highest BCUT2D eigenvalue weighted by Gasteiger charge is 2.23. The lowest BCUT2D eigenvalue weighted by Crippen LogP contribution is -2.22. The SMILES string of the molecule is CC(CN)CC1Cc2cccc(Cl)c2N1. The minimum atomic E-state index is 0.499. The van der Waals surface area contributed by atoms with Gasteiger partial charge >= 0.3 is 0 Å². The third-order valence-corrected chi connectivity index (χ3v) is 3.32. The molecule has 82 valence electrons. The van der Waals surface area contributed by atoms with Crippen LogP contribution in [0.3, 0.4) is 0 Å². The van der Waals surface area contributed by atoms with Gasteiger partial charge in [0.1, 0.15) is 0 Å². The molecule has 1 aromatic rings. The molecular formula is C12H17ClN2. The second kappa shape index (κ2) is 4.42. The summed E-state index contributed by atoms with van der Waals surface area (Å²) in [5.41, 5.74) is 8.08. The topological polar surface area (TPSA) is 38.0 Å². The molecule has 0 radical (unpaired) electrons. The van der Waals surface area contributed by atoms with Crippen LogP contribution in [0.15, 0.2) is 18.2 Å². The molecule has 0 saturated heterocycles. The summed E-state index contributed by atoms with van der Waals surface area (Å²) < 4.78 is 0. The van der Waals surface area contributed by atoms with Gasteiger partial charge in [0, 0.05) is 6.04 Å². The molecule has 0 fully saturated rings. The summed E-state index contributed by atoms with van der Waals surface area (Å²) in [6.07, 6.45) is 2.18. The highest BCUT2D eigenvalue weighted by atomic mass is 35.5. The van der Waals surface area contributed by atoms with Crippen LogP contribution in [0.25, 0.3) is 0 Å². The summed E-state index contributed by atoms with van der Waals surface area (Å²) in [7, 11) is 0. The van der Waals surface area contributed by atoms with E-state index in [1.807, 2.05) is 12.1 Å². The smallest absolute Gasteiger partial charge is 0.0640 e. The second-order valence-corrected chi connectivity index (χ2v) is 4.80. The van der Waals surface area contributed by atoms with Crippen LogP contribution in [-0.2, 0) is 6.42 Å². The molecule has 1 aromatic carbocycles. The normalized spacial score (nSPS) is 20.9. The molecule has 0 aliphatic carbocycles. The first-order chi connectivity index (χ1) is 7.20. The third-order valence-electron chi connectivity index (χ3n) is 3.00. The van der Waals surface area contributed by atoms with E-state index < -0.39 is 0 Å². The van der Waals surface area contributed by atoms with Crippen molar-refractivity contribution in [2.45, 2.75) is 25.8 Å². The number of halogens is 1. The fourth-order valence-corrected chi connectivity index (χ4v) is 2.39. The van der Waals surface area contributed by atoms with E-state index in [4.69, 9.17) is 17.3 Å². The van der Waals surface area contributed by atoms with Gasteiger partial charge in [-0.25, -0.2) is 0 Å². The van der Waals surface area contributed by atoms with Gasteiger partial charge in [0.15, 0.2) is 0 Å². The van der Waals surface area contributed by atoms with Gasteiger partial charge in [-0.3, -0.25) is 0 Å². The van der Waals surface area contributed by atoms with E-state index in [0.29, 0.717) is 12.0 Å². The Labute approximate surface area is 95.8 Å². The van der Waals surface area contributed by atoms with Gasteiger partial charge in [-0.05, 0) is 36.9 Å². The summed E-state index contributed by atoms with van der Waals surface area (Å²) >= 11 is 6.12. The van der Waals surface area contributed by atoms with E-state index in [9.17, 15) is 0 Å². The quantitative estimate of drug-likeness (QED) is 0.829. The van der Waals surface area contributed by atoms with Crippen molar-refractivity contribution >= 4 is 17.3 Å². The lowest BCUT2D eigenvalue weighted by atomic mass is 9.99. The molecule has 15 heavy (non-hydrogen) atoms. The van der Waals surface area contributed by atoms with Crippen LogP contribution < -0.4 is 11.1 Å². The number of fused-ring (bicyclic) bond motifs is 1. The van der Waals surface area contributed by atoms with E-state index in [2.05, 4.69) is 18.3 Å². The first kappa shape index (κ1) is 10.8. The third kappa shape index (κ3) is 2.27. The first-order valence-electron chi connectivity index (χ1n) is 5.44. The number of nitrogens with one attached hydrogen (secondary N) is 1. The molecule has 2 nitrogen and oxygen atoms in total. The van der Waals surface area contributed by atoms with Crippen molar-refractivity contribution in [3.8, 4) is 0 Å². The highest BCUT2D eigenvalue weighted by Crippen LogP contribution is 2.34. The monoisotopic (exact) mass is 224 g/mol. The fourth-order valence-electron chi connectivity index (χ4n) is 2.15. The molecule has 2 atom stereocenters. The van der Waals surface area contributed by atoms with Crippen LogP contribution in [0.4, 0.5) is 5.69 Å². The maximum Gasteiger partial charge on any atom is 0.0640 e. The molecule has 0 spiro atoms. The summed E-state index contributed by atoms with van der Waals surface area (Å²) in [6.45, 7) is 2.94. The standard InChI is InChI=1S/C12H17ClN2/c1-8(7-14)5-10-6-9-3-2-4-11(13)12(9)15-10/h2-4,8,10,15H,5-7,14H2,1H3. The Morgan fingerprint density at radius 2 is 2.40 bits per heavy atom. The zero-order chi connectivity index (χ0) is 10.8. The average molecular weight is 225 g/mol. The molecule has 0 amide bonds. The van der Waals surface area contributed by atoms with Crippen molar-refractivity contribution in [3.63, 3.8) is 0 Å². The van der Waals surface area contributed by atoms with Crippen molar-refractivity contribution in [2.75, 3.05) is 11.9 Å². The molecule has 2 unspecified atom stereocenters. The molecule has 3 N–H and O–H groups in total. The van der Waals surface area contributed by atoms with Gasteiger partial charge in [-0.15, -0.1) is 0 Å². The molecule has 1 aliphatic rings. The molecule has 1 aliphatic heterocycles. The largest absolute Gasteiger partial charge is 0.381 e. The summed E-state index contributed by atoms with van der Waals surface area (Å²) in [6, 6.07) is 6.58. The lowest BCUT2D eigenvalue weighted by Gasteiger charge is -2.15. The summed E-state index contributed by atoms with van der Waals surface area (Å²) in [5, 5.41) is 4.31. The molecule has 0 aromatic heterocycles. The fraction of sp³-hybridized carbons (Fsp3) is 0.500. The zero-order valence-electron chi connectivity index (χ0n) is 8.96. The minimum Gasteiger partial charge on any atom is -0.381 e. The Morgan fingerprint density at radius 1 is 1.60 bits per heavy atom. The van der Waals surface area contributed by atoms with E-state index >= 15 is 0 Å². The maximum absolute atomic E-state index is 6.12. The Kier molecular flexibility index (Phi) is 3.17. The predicted octanol–water partition coefficient (Wildman–Crippen LogP) is 2.66. The number of para-hydroxylation sites is 1. The maximum atomic E-state index is 6.12. The van der Waals surface area contributed by atoms with Crippen LogP contribution in [0.2, 0.25) is 5.02 Å². The number of rotatable bonds is 3. The van der Waals surface area contributed by atoms with Crippen molar-refractivity contribution in [1.82, 2.24) is 0 Å². The Balaban J connectivity index is 2.06. The number of hydrogen-bond acceptors (Lipinski definition) is 2.